The molecule has 2 rings (SSSR count). The summed E-state index contributed by atoms with van der Waals surface area (Å²) in [5, 5.41) is 0. The molecule has 0 saturated carbocycles. The van der Waals surface area contributed by atoms with E-state index in [4.69, 9.17) is 0 Å². The van der Waals surface area contributed by atoms with Crippen molar-refractivity contribution in [1.29, 1.82) is 0 Å². The fourth-order valence-corrected chi connectivity index (χ4v) is 2.03. The molecular formula is C16H21N3. The third-order valence-corrected chi connectivity index (χ3v) is 3.41. The molecule has 1 aromatic carbocycles. The maximum atomic E-state index is 4.67. The highest BCUT2D eigenvalue weighted by atomic mass is 15.2. The molecule has 0 atom stereocenters. The highest BCUT2D eigenvalue weighted by Crippen LogP contribution is 2.25. The summed E-state index contributed by atoms with van der Waals surface area (Å²) in [6, 6.07) is 8.44. The zero-order chi connectivity index (χ0) is 14.0. The van der Waals surface area contributed by atoms with Gasteiger partial charge in [0.05, 0.1) is 5.69 Å². The molecular weight excluding hydrogens is 234 g/mol. The lowest BCUT2D eigenvalue weighted by Gasteiger charge is -2.14. The second-order valence-electron chi connectivity index (χ2n) is 5.04. The summed E-state index contributed by atoms with van der Waals surface area (Å²) in [5.41, 5.74) is 5.86. The van der Waals surface area contributed by atoms with E-state index in [0.717, 1.165) is 23.8 Å². The molecule has 1 aromatic heterocycles. The second-order valence-corrected chi connectivity index (χ2v) is 5.04. The number of aryl methyl sites for hydroxylation is 2. The molecule has 0 amide bonds. The van der Waals surface area contributed by atoms with Crippen molar-refractivity contribution < 1.29 is 0 Å². The maximum absolute atomic E-state index is 4.67. The summed E-state index contributed by atoms with van der Waals surface area (Å²) >= 11 is 0. The standard InChI is InChI=1S/C16H21N3/c1-6-13-10-15(18-16(17-13)19(4)5)14-9-7-8-11(2)12(14)3/h7-10H,6H2,1-5H3. The molecule has 3 heteroatoms. The maximum Gasteiger partial charge on any atom is 0.225 e. The Balaban J connectivity index is 2.61. The van der Waals surface area contributed by atoms with E-state index in [1.54, 1.807) is 0 Å². The lowest BCUT2D eigenvalue weighted by Crippen LogP contribution is -2.14. The Labute approximate surface area is 115 Å². The molecule has 100 valence electrons. The Kier molecular flexibility index (Phi) is 3.84. The molecule has 0 spiro atoms. The second kappa shape index (κ2) is 5.39. The molecule has 0 aliphatic rings. The van der Waals surface area contributed by atoms with Crippen LogP contribution in [0.15, 0.2) is 24.3 Å². The van der Waals surface area contributed by atoms with E-state index in [2.05, 4.69) is 55.0 Å². The van der Waals surface area contributed by atoms with Gasteiger partial charge in [-0.1, -0.05) is 25.1 Å². The van der Waals surface area contributed by atoms with Crippen LogP contribution in [0.5, 0.6) is 0 Å². The van der Waals surface area contributed by atoms with E-state index >= 15 is 0 Å². The van der Waals surface area contributed by atoms with Gasteiger partial charge in [-0.3, -0.25) is 0 Å². The van der Waals surface area contributed by atoms with Crippen LogP contribution in [0.1, 0.15) is 23.7 Å². The van der Waals surface area contributed by atoms with Crippen LogP contribution in [0, 0.1) is 13.8 Å². The van der Waals surface area contributed by atoms with E-state index < -0.39 is 0 Å². The first-order valence-electron chi connectivity index (χ1n) is 6.64. The van der Waals surface area contributed by atoms with Crippen molar-refractivity contribution in [3.05, 3.63) is 41.1 Å². The van der Waals surface area contributed by atoms with Crippen molar-refractivity contribution >= 4 is 5.95 Å². The molecule has 0 unspecified atom stereocenters. The van der Waals surface area contributed by atoms with Crippen LogP contribution in [0.4, 0.5) is 5.95 Å². The van der Waals surface area contributed by atoms with Gasteiger partial charge in [0.25, 0.3) is 0 Å². The number of anilines is 1. The topological polar surface area (TPSA) is 29.0 Å². The first kappa shape index (κ1) is 13.5. The van der Waals surface area contributed by atoms with Gasteiger partial charge in [-0.15, -0.1) is 0 Å². The van der Waals surface area contributed by atoms with Gasteiger partial charge in [0.2, 0.25) is 5.95 Å². The minimum atomic E-state index is 0.773. The molecule has 0 N–H and O–H groups in total. The molecule has 0 radical (unpaired) electrons. The minimum Gasteiger partial charge on any atom is -0.347 e. The Morgan fingerprint density at radius 1 is 1.11 bits per heavy atom. The highest BCUT2D eigenvalue weighted by molar-refractivity contribution is 5.66. The number of benzene rings is 1. The van der Waals surface area contributed by atoms with Gasteiger partial charge < -0.3 is 4.90 Å². The number of hydrogen-bond donors (Lipinski definition) is 0. The average molecular weight is 255 g/mol. The van der Waals surface area contributed by atoms with Crippen LogP contribution in [0.3, 0.4) is 0 Å². The van der Waals surface area contributed by atoms with Crippen LogP contribution in [0.25, 0.3) is 11.3 Å². The van der Waals surface area contributed by atoms with Crippen LogP contribution < -0.4 is 4.90 Å². The summed E-state index contributed by atoms with van der Waals surface area (Å²) in [5.74, 6) is 0.773. The van der Waals surface area contributed by atoms with Gasteiger partial charge in [0, 0.05) is 25.4 Å². The summed E-state index contributed by atoms with van der Waals surface area (Å²) in [6.45, 7) is 6.40. The fraction of sp³-hybridized carbons (Fsp3) is 0.375. The van der Waals surface area contributed by atoms with E-state index in [1.807, 2.05) is 19.0 Å². The molecule has 3 nitrogen and oxygen atoms in total. The Morgan fingerprint density at radius 2 is 1.84 bits per heavy atom. The summed E-state index contributed by atoms with van der Waals surface area (Å²) in [6.07, 6.45) is 0.918. The smallest absolute Gasteiger partial charge is 0.225 e. The summed E-state index contributed by atoms with van der Waals surface area (Å²) in [4.78, 5) is 11.2. The van der Waals surface area contributed by atoms with Crippen molar-refractivity contribution in [1.82, 2.24) is 9.97 Å². The molecule has 0 aliphatic heterocycles. The SMILES string of the molecule is CCc1cc(-c2cccc(C)c2C)nc(N(C)C)n1. The molecule has 2 aromatic rings. The van der Waals surface area contributed by atoms with E-state index in [1.165, 1.54) is 16.7 Å². The highest BCUT2D eigenvalue weighted by Gasteiger charge is 2.10. The Bertz CT molecular complexity index is 589. The van der Waals surface area contributed by atoms with Gasteiger partial charge in [-0.2, -0.15) is 0 Å². The molecule has 1 heterocycles. The zero-order valence-electron chi connectivity index (χ0n) is 12.4. The Morgan fingerprint density at radius 3 is 2.47 bits per heavy atom. The molecule has 0 fully saturated rings. The van der Waals surface area contributed by atoms with Crippen LogP contribution >= 0.6 is 0 Å². The number of hydrogen-bond acceptors (Lipinski definition) is 3. The minimum absolute atomic E-state index is 0.773. The van der Waals surface area contributed by atoms with Gasteiger partial charge >= 0.3 is 0 Å². The van der Waals surface area contributed by atoms with Crippen molar-refractivity contribution in [2.24, 2.45) is 0 Å². The largest absolute Gasteiger partial charge is 0.347 e. The van der Waals surface area contributed by atoms with Gasteiger partial charge in [-0.05, 0) is 37.5 Å². The van der Waals surface area contributed by atoms with Crippen LogP contribution in [-0.4, -0.2) is 24.1 Å². The van der Waals surface area contributed by atoms with E-state index in [0.29, 0.717) is 0 Å². The molecule has 0 saturated heterocycles. The predicted octanol–water partition coefficient (Wildman–Crippen LogP) is 3.39. The normalized spacial score (nSPS) is 10.6. The molecule has 0 aliphatic carbocycles. The van der Waals surface area contributed by atoms with Crippen molar-refractivity contribution in [2.75, 3.05) is 19.0 Å². The van der Waals surface area contributed by atoms with Crippen molar-refractivity contribution in [3.63, 3.8) is 0 Å². The first-order valence-corrected chi connectivity index (χ1v) is 6.64. The van der Waals surface area contributed by atoms with Gasteiger partial charge in [0.15, 0.2) is 0 Å². The lowest BCUT2D eigenvalue weighted by atomic mass is 10.0. The fourth-order valence-electron chi connectivity index (χ4n) is 2.03. The average Bonchev–Trinajstić information content (AvgIpc) is 2.41. The zero-order valence-corrected chi connectivity index (χ0v) is 12.4. The van der Waals surface area contributed by atoms with E-state index in [9.17, 15) is 0 Å². The van der Waals surface area contributed by atoms with Gasteiger partial charge in [-0.25, -0.2) is 9.97 Å². The third kappa shape index (κ3) is 2.75. The number of nitrogens with zero attached hydrogens (tertiary/aromatic N) is 3. The van der Waals surface area contributed by atoms with Crippen LogP contribution in [-0.2, 0) is 6.42 Å². The van der Waals surface area contributed by atoms with Gasteiger partial charge in [0.1, 0.15) is 0 Å². The molecule has 19 heavy (non-hydrogen) atoms. The van der Waals surface area contributed by atoms with Crippen molar-refractivity contribution in [2.45, 2.75) is 27.2 Å². The quantitative estimate of drug-likeness (QED) is 0.842. The monoisotopic (exact) mass is 255 g/mol. The van der Waals surface area contributed by atoms with Crippen LogP contribution in [0.2, 0.25) is 0 Å². The number of aromatic nitrogens is 2. The lowest BCUT2D eigenvalue weighted by molar-refractivity contribution is 0.942. The van der Waals surface area contributed by atoms with Crippen molar-refractivity contribution in [3.8, 4) is 11.3 Å². The summed E-state index contributed by atoms with van der Waals surface area (Å²) < 4.78 is 0. The first-order chi connectivity index (χ1) is 9.02. The molecule has 0 bridgehead atoms. The number of rotatable bonds is 3. The predicted molar refractivity (Wildman–Crippen MR) is 80.6 cm³/mol. The van der Waals surface area contributed by atoms with E-state index in [-0.39, 0.29) is 0 Å². The Hall–Kier alpha value is -1.90. The summed E-state index contributed by atoms with van der Waals surface area (Å²) in [7, 11) is 3.95. The third-order valence-electron chi connectivity index (χ3n) is 3.41.